The lowest BCUT2D eigenvalue weighted by molar-refractivity contribution is -0.133. The Morgan fingerprint density at radius 3 is 2.33 bits per heavy atom. The molecule has 0 bridgehead atoms. The monoisotopic (exact) mass is 372 g/mol. The van der Waals surface area contributed by atoms with Crippen LogP contribution in [0, 0.1) is 11.8 Å². The van der Waals surface area contributed by atoms with Gasteiger partial charge in [0.2, 0.25) is 11.8 Å². The molecule has 0 spiro atoms. The average Bonchev–Trinajstić information content (AvgIpc) is 2.91. The molecule has 1 aromatic carbocycles. The molecule has 0 fully saturated rings. The number of hydrogen-bond acceptors (Lipinski definition) is 3. The summed E-state index contributed by atoms with van der Waals surface area (Å²) < 4.78 is 1.99. The van der Waals surface area contributed by atoms with Gasteiger partial charge in [0.25, 0.3) is 0 Å². The standard InChI is InChI=1S/C21H32N4O2/c1-15(2)12-24(13-16(3)4)21(27)14-25-19-9-7-6-8-18(19)23-20(25)10-11-22-17(5)26/h6-9,15-16H,10-14H2,1-5H3,(H,22,26). The number of amides is 2. The fourth-order valence-electron chi connectivity index (χ4n) is 3.24. The van der Waals surface area contributed by atoms with Crippen LogP contribution in [-0.2, 0) is 22.6 Å². The first-order valence-corrected chi connectivity index (χ1v) is 9.74. The zero-order valence-electron chi connectivity index (χ0n) is 17.2. The van der Waals surface area contributed by atoms with E-state index in [1.807, 2.05) is 33.7 Å². The highest BCUT2D eigenvalue weighted by atomic mass is 16.2. The highest BCUT2D eigenvalue weighted by molar-refractivity contribution is 5.81. The summed E-state index contributed by atoms with van der Waals surface area (Å²) in [5.74, 6) is 1.72. The highest BCUT2D eigenvalue weighted by Gasteiger charge is 2.19. The molecule has 2 amide bonds. The van der Waals surface area contributed by atoms with Crippen LogP contribution in [0.3, 0.4) is 0 Å². The number of nitrogens with zero attached hydrogens (tertiary/aromatic N) is 3. The number of aromatic nitrogens is 2. The normalized spacial score (nSPS) is 11.4. The van der Waals surface area contributed by atoms with E-state index in [0.717, 1.165) is 29.9 Å². The van der Waals surface area contributed by atoms with Crippen LogP contribution in [0.15, 0.2) is 24.3 Å². The fraction of sp³-hybridized carbons (Fsp3) is 0.571. The van der Waals surface area contributed by atoms with Gasteiger partial charge >= 0.3 is 0 Å². The smallest absolute Gasteiger partial charge is 0.242 e. The number of rotatable bonds is 9. The summed E-state index contributed by atoms with van der Waals surface area (Å²) in [7, 11) is 0. The van der Waals surface area contributed by atoms with Crippen molar-refractivity contribution in [3.8, 4) is 0 Å². The van der Waals surface area contributed by atoms with Gasteiger partial charge in [0, 0.05) is 33.0 Å². The van der Waals surface area contributed by atoms with Crippen molar-refractivity contribution in [1.29, 1.82) is 0 Å². The third-order valence-electron chi connectivity index (χ3n) is 4.27. The van der Waals surface area contributed by atoms with Crippen molar-refractivity contribution in [3.63, 3.8) is 0 Å². The third-order valence-corrected chi connectivity index (χ3v) is 4.27. The van der Waals surface area contributed by atoms with Crippen LogP contribution in [0.5, 0.6) is 0 Å². The second-order valence-corrected chi connectivity index (χ2v) is 7.92. The molecular weight excluding hydrogens is 340 g/mol. The van der Waals surface area contributed by atoms with E-state index in [2.05, 4.69) is 38.0 Å². The molecule has 2 aromatic rings. The Kier molecular flexibility index (Phi) is 7.39. The predicted octanol–water partition coefficient (Wildman–Crippen LogP) is 2.86. The van der Waals surface area contributed by atoms with Gasteiger partial charge < -0.3 is 14.8 Å². The lowest BCUT2D eigenvalue weighted by Crippen LogP contribution is -2.39. The summed E-state index contributed by atoms with van der Waals surface area (Å²) in [6.07, 6.45) is 0.593. The summed E-state index contributed by atoms with van der Waals surface area (Å²) >= 11 is 0. The Morgan fingerprint density at radius 1 is 1.11 bits per heavy atom. The minimum atomic E-state index is -0.0613. The highest BCUT2D eigenvalue weighted by Crippen LogP contribution is 2.17. The molecule has 6 heteroatoms. The van der Waals surface area contributed by atoms with E-state index in [9.17, 15) is 9.59 Å². The average molecular weight is 373 g/mol. The maximum absolute atomic E-state index is 13.1. The van der Waals surface area contributed by atoms with Gasteiger partial charge in [-0.2, -0.15) is 0 Å². The van der Waals surface area contributed by atoms with Crippen LogP contribution in [-0.4, -0.2) is 45.9 Å². The Labute approximate surface area is 161 Å². The molecule has 0 unspecified atom stereocenters. The minimum Gasteiger partial charge on any atom is -0.356 e. The molecule has 1 N–H and O–H groups in total. The number of para-hydroxylation sites is 2. The van der Waals surface area contributed by atoms with E-state index in [1.54, 1.807) is 0 Å². The van der Waals surface area contributed by atoms with Gasteiger partial charge in [0.15, 0.2) is 0 Å². The first-order chi connectivity index (χ1) is 12.8. The molecule has 0 saturated heterocycles. The van der Waals surface area contributed by atoms with Crippen LogP contribution in [0.25, 0.3) is 11.0 Å². The molecule has 0 radical (unpaired) electrons. The zero-order valence-corrected chi connectivity index (χ0v) is 17.2. The quantitative estimate of drug-likeness (QED) is 0.736. The molecule has 0 saturated carbocycles. The SMILES string of the molecule is CC(=O)NCCc1nc2ccccc2n1CC(=O)N(CC(C)C)CC(C)C. The number of carbonyl (C=O) groups excluding carboxylic acids is 2. The lowest BCUT2D eigenvalue weighted by atomic mass is 10.1. The molecule has 6 nitrogen and oxygen atoms in total. The topological polar surface area (TPSA) is 67.2 Å². The molecule has 1 heterocycles. The van der Waals surface area contributed by atoms with Gasteiger partial charge in [0.1, 0.15) is 12.4 Å². The molecule has 27 heavy (non-hydrogen) atoms. The molecule has 0 aliphatic carbocycles. The van der Waals surface area contributed by atoms with Crippen molar-refractivity contribution in [2.24, 2.45) is 11.8 Å². The number of nitrogens with one attached hydrogen (secondary N) is 1. The third kappa shape index (κ3) is 6.08. The second kappa shape index (κ2) is 9.53. The molecule has 0 aliphatic heterocycles. The van der Waals surface area contributed by atoms with Gasteiger partial charge in [-0.05, 0) is 24.0 Å². The first-order valence-electron chi connectivity index (χ1n) is 9.74. The molecule has 0 aliphatic rings. The van der Waals surface area contributed by atoms with Crippen LogP contribution in [0.4, 0.5) is 0 Å². The summed E-state index contributed by atoms with van der Waals surface area (Å²) in [5.41, 5.74) is 1.83. The van der Waals surface area contributed by atoms with Gasteiger partial charge in [-0.1, -0.05) is 39.8 Å². The van der Waals surface area contributed by atoms with Crippen LogP contribution >= 0.6 is 0 Å². The van der Waals surface area contributed by atoms with E-state index in [-0.39, 0.29) is 18.4 Å². The van der Waals surface area contributed by atoms with Gasteiger partial charge in [-0.15, -0.1) is 0 Å². The number of benzene rings is 1. The Bertz CT molecular complexity index is 770. The Balaban J connectivity index is 2.26. The van der Waals surface area contributed by atoms with E-state index < -0.39 is 0 Å². The zero-order chi connectivity index (χ0) is 20.0. The molecule has 148 valence electrons. The van der Waals surface area contributed by atoms with E-state index in [1.165, 1.54) is 6.92 Å². The fourth-order valence-corrected chi connectivity index (χ4v) is 3.24. The summed E-state index contributed by atoms with van der Waals surface area (Å²) in [6, 6.07) is 7.86. The predicted molar refractivity (Wildman–Crippen MR) is 108 cm³/mol. The van der Waals surface area contributed by atoms with Gasteiger partial charge in [-0.25, -0.2) is 4.98 Å². The maximum Gasteiger partial charge on any atom is 0.242 e. The largest absolute Gasteiger partial charge is 0.356 e. The van der Waals surface area contributed by atoms with Crippen molar-refractivity contribution >= 4 is 22.8 Å². The van der Waals surface area contributed by atoms with E-state index in [0.29, 0.717) is 24.8 Å². The van der Waals surface area contributed by atoms with Crippen molar-refractivity contribution < 1.29 is 9.59 Å². The van der Waals surface area contributed by atoms with Crippen molar-refractivity contribution in [3.05, 3.63) is 30.1 Å². The summed E-state index contributed by atoms with van der Waals surface area (Å²) in [6.45, 7) is 12.3. The van der Waals surface area contributed by atoms with Crippen molar-refractivity contribution in [2.75, 3.05) is 19.6 Å². The van der Waals surface area contributed by atoms with Crippen LogP contribution < -0.4 is 5.32 Å². The maximum atomic E-state index is 13.1. The van der Waals surface area contributed by atoms with Crippen molar-refractivity contribution in [2.45, 2.75) is 47.6 Å². The van der Waals surface area contributed by atoms with Crippen LogP contribution in [0.2, 0.25) is 0 Å². The molecule has 0 atom stereocenters. The molecule has 1 aromatic heterocycles. The Morgan fingerprint density at radius 2 is 1.74 bits per heavy atom. The number of carbonyl (C=O) groups is 2. The number of hydrogen-bond donors (Lipinski definition) is 1. The van der Waals surface area contributed by atoms with E-state index in [4.69, 9.17) is 0 Å². The molecule has 2 rings (SSSR count). The summed E-state index contributed by atoms with van der Waals surface area (Å²) in [4.78, 5) is 30.9. The van der Waals surface area contributed by atoms with Gasteiger partial charge in [-0.3, -0.25) is 9.59 Å². The number of fused-ring (bicyclic) bond motifs is 1. The van der Waals surface area contributed by atoms with E-state index >= 15 is 0 Å². The second-order valence-electron chi connectivity index (χ2n) is 7.92. The van der Waals surface area contributed by atoms with Crippen molar-refractivity contribution in [1.82, 2.24) is 19.8 Å². The Hall–Kier alpha value is -2.37. The van der Waals surface area contributed by atoms with Crippen LogP contribution in [0.1, 0.15) is 40.4 Å². The van der Waals surface area contributed by atoms with Gasteiger partial charge in [0.05, 0.1) is 11.0 Å². The minimum absolute atomic E-state index is 0.0613. The lowest BCUT2D eigenvalue weighted by Gasteiger charge is -2.27. The number of imidazole rings is 1. The molecular formula is C21H32N4O2. The summed E-state index contributed by atoms with van der Waals surface area (Å²) in [5, 5.41) is 2.81. The first kappa shape index (κ1) is 20.9.